The van der Waals surface area contributed by atoms with Crippen LogP contribution in [0.3, 0.4) is 0 Å². The molecule has 0 amide bonds. The first-order valence-electron chi connectivity index (χ1n) is 9.32. The smallest absolute Gasteiger partial charge is 0.457 e. The number of esters is 1. The maximum absolute atomic E-state index is 13.2. The summed E-state index contributed by atoms with van der Waals surface area (Å²) in [4.78, 5) is 23.5. The lowest BCUT2D eigenvalue weighted by molar-refractivity contribution is -0.204. The van der Waals surface area contributed by atoms with Crippen molar-refractivity contribution in [2.45, 2.75) is 77.4 Å². The van der Waals surface area contributed by atoms with E-state index in [1.807, 2.05) is 0 Å². The normalized spacial score (nSPS) is 35.9. The van der Waals surface area contributed by atoms with Crippen LogP contribution in [0.5, 0.6) is 0 Å². The monoisotopic (exact) mass is 374 g/mol. The van der Waals surface area contributed by atoms with Crippen molar-refractivity contribution in [2.75, 3.05) is 6.61 Å². The number of carbonyl (C=O) groups is 2. The van der Waals surface area contributed by atoms with Crippen LogP contribution in [0.15, 0.2) is 0 Å². The van der Waals surface area contributed by atoms with Gasteiger partial charge in [-0.25, -0.2) is 9.59 Å². The Morgan fingerprint density at radius 3 is 2.12 bits per heavy atom. The Kier molecular flexibility index (Phi) is 4.72. The number of alkyl halides is 2. The molecule has 4 aliphatic carbocycles. The topological polar surface area (TPSA) is 61.8 Å². The van der Waals surface area contributed by atoms with Crippen LogP contribution < -0.4 is 0 Å². The molecular weight excluding hydrogens is 346 g/mol. The highest BCUT2D eigenvalue weighted by Gasteiger charge is 2.57. The predicted octanol–water partition coefficient (Wildman–Crippen LogP) is 4.33. The van der Waals surface area contributed by atoms with Gasteiger partial charge in [-0.05, 0) is 70.6 Å². The van der Waals surface area contributed by atoms with Crippen LogP contribution in [-0.4, -0.2) is 36.4 Å². The van der Waals surface area contributed by atoms with Crippen LogP contribution in [0.2, 0.25) is 0 Å². The molecule has 0 radical (unpaired) electrons. The molecule has 0 heterocycles. The fourth-order valence-corrected chi connectivity index (χ4v) is 5.23. The molecular formula is C19H28F2O5. The first-order valence-corrected chi connectivity index (χ1v) is 9.32. The standard InChI is InChI=1S/C19H28F2O5/c1-17(2,3)26-16(23)24-10-19-7-11-5-12(8-19)14(13(6-11)9-19)25-15(22)18(4,20)21/h11-14H,5-10H2,1-4H3. The number of hydrogen-bond acceptors (Lipinski definition) is 5. The minimum Gasteiger partial charge on any atom is -0.457 e. The van der Waals surface area contributed by atoms with Crippen molar-refractivity contribution < 1.29 is 32.6 Å². The maximum atomic E-state index is 13.2. The summed E-state index contributed by atoms with van der Waals surface area (Å²) in [5, 5.41) is 0. The van der Waals surface area contributed by atoms with Gasteiger partial charge < -0.3 is 14.2 Å². The van der Waals surface area contributed by atoms with Gasteiger partial charge in [-0.2, -0.15) is 8.78 Å². The van der Waals surface area contributed by atoms with Crippen LogP contribution in [0, 0.1) is 23.2 Å². The van der Waals surface area contributed by atoms with E-state index in [1.54, 1.807) is 20.8 Å². The molecule has 0 aliphatic heterocycles. The van der Waals surface area contributed by atoms with Crippen molar-refractivity contribution in [2.24, 2.45) is 23.2 Å². The number of rotatable bonds is 4. The summed E-state index contributed by atoms with van der Waals surface area (Å²) in [6, 6.07) is 0. The second kappa shape index (κ2) is 6.34. The summed E-state index contributed by atoms with van der Waals surface area (Å²) in [5.74, 6) is -4.29. The van der Waals surface area contributed by atoms with Gasteiger partial charge in [0.15, 0.2) is 0 Å². The quantitative estimate of drug-likeness (QED) is 0.686. The Hall–Kier alpha value is -1.40. The third kappa shape index (κ3) is 4.12. The van der Waals surface area contributed by atoms with Gasteiger partial charge in [-0.15, -0.1) is 0 Å². The average molecular weight is 374 g/mol. The van der Waals surface area contributed by atoms with Gasteiger partial charge in [0.25, 0.3) is 0 Å². The van der Waals surface area contributed by atoms with E-state index >= 15 is 0 Å². The fourth-order valence-electron chi connectivity index (χ4n) is 5.23. The van der Waals surface area contributed by atoms with Crippen LogP contribution in [0.1, 0.15) is 59.8 Å². The van der Waals surface area contributed by atoms with E-state index in [1.165, 1.54) is 0 Å². The summed E-state index contributed by atoms with van der Waals surface area (Å²) in [6.07, 6.45) is 3.08. The minimum atomic E-state index is -3.47. The van der Waals surface area contributed by atoms with Crippen molar-refractivity contribution in [1.29, 1.82) is 0 Å². The summed E-state index contributed by atoms with van der Waals surface area (Å²) >= 11 is 0. The van der Waals surface area contributed by atoms with E-state index in [9.17, 15) is 18.4 Å². The molecule has 4 bridgehead atoms. The van der Waals surface area contributed by atoms with E-state index in [2.05, 4.69) is 0 Å². The van der Waals surface area contributed by atoms with Crippen molar-refractivity contribution >= 4 is 12.1 Å². The SMILES string of the molecule is CC(C)(C)OC(=O)OCC12CC3CC(C1)C(OC(=O)C(C)(F)F)C(C3)C2. The molecule has 2 unspecified atom stereocenters. The van der Waals surface area contributed by atoms with Gasteiger partial charge in [0.1, 0.15) is 18.3 Å². The highest BCUT2D eigenvalue weighted by Crippen LogP contribution is 2.61. The first kappa shape index (κ1) is 19.4. The molecule has 7 heteroatoms. The number of ether oxygens (including phenoxy) is 3. The van der Waals surface area contributed by atoms with Gasteiger partial charge in [0.2, 0.25) is 0 Å². The molecule has 2 atom stereocenters. The molecule has 0 spiro atoms. The molecule has 0 aromatic heterocycles. The molecule has 26 heavy (non-hydrogen) atoms. The second-order valence-electron chi connectivity index (χ2n) is 9.48. The van der Waals surface area contributed by atoms with Gasteiger partial charge in [0, 0.05) is 12.3 Å². The summed E-state index contributed by atoms with van der Waals surface area (Å²) in [7, 11) is 0. The van der Waals surface area contributed by atoms with Gasteiger partial charge in [-0.3, -0.25) is 0 Å². The molecule has 4 rings (SSSR count). The van der Waals surface area contributed by atoms with E-state index < -0.39 is 29.8 Å². The second-order valence-corrected chi connectivity index (χ2v) is 9.48. The predicted molar refractivity (Wildman–Crippen MR) is 88.7 cm³/mol. The Morgan fingerprint density at radius 1 is 1.04 bits per heavy atom. The highest BCUT2D eigenvalue weighted by molar-refractivity contribution is 5.77. The average Bonchev–Trinajstić information content (AvgIpc) is 2.45. The maximum Gasteiger partial charge on any atom is 0.508 e. The van der Waals surface area contributed by atoms with Crippen LogP contribution in [0.25, 0.3) is 0 Å². The zero-order valence-electron chi connectivity index (χ0n) is 15.8. The number of hydrogen-bond donors (Lipinski definition) is 0. The Labute approximate surface area is 152 Å². The molecule has 0 aromatic rings. The minimum absolute atomic E-state index is 0.0646. The lowest BCUT2D eigenvalue weighted by atomic mass is 9.49. The van der Waals surface area contributed by atoms with Crippen LogP contribution in [0.4, 0.5) is 13.6 Å². The van der Waals surface area contributed by atoms with E-state index in [0.29, 0.717) is 12.8 Å². The summed E-state index contributed by atoms with van der Waals surface area (Å²) < 4.78 is 42.2. The zero-order valence-corrected chi connectivity index (χ0v) is 15.8. The van der Waals surface area contributed by atoms with Gasteiger partial charge in [0.05, 0.1) is 0 Å². The molecule has 4 aliphatic rings. The van der Waals surface area contributed by atoms with Gasteiger partial charge >= 0.3 is 18.0 Å². The third-order valence-electron chi connectivity index (χ3n) is 5.80. The number of carbonyl (C=O) groups excluding carboxylic acids is 2. The third-order valence-corrected chi connectivity index (χ3v) is 5.80. The van der Waals surface area contributed by atoms with Crippen molar-refractivity contribution in [3.8, 4) is 0 Å². The van der Waals surface area contributed by atoms with Crippen LogP contribution >= 0.6 is 0 Å². The molecule has 0 N–H and O–H groups in total. The first-order chi connectivity index (χ1) is 11.9. The molecule has 0 aromatic carbocycles. The zero-order chi connectivity index (χ0) is 19.3. The van der Waals surface area contributed by atoms with E-state index in [-0.39, 0.29) is 23.9 Å². The van der Waals surface area contributed by atoms with Crippen LogP contribution in [-0.2, 0) is 19.0 Å². The summed E-state index contributed by atoms with van der Waals surface area (Å²) in [6.45, 7) is 6.18. The highest BCUT2D eigenvalue weighted by atomic mass is 19.3. The molecule has 4 fully saturated rings. The molecule has 0 saturated heterocycles. The van der Waals surface area contributed by atoms with Crippen molar-refractivity contribution in [3.63, 3.8) is 0 Å². The summed E-state index contributed by atoms with van der Waals surface area (Å²) in [5.41, 5.74) is -0.756. The lowest BCUT2D eigenvalue weighted by Crippen LogP contribution is -2.56. The van der Waals surface area contributed by atoms with Crippen molar-refractivity contribution in [1.82, 2.24) is 0 Å². The van der Waals surface area contributed by atoms with Crippen molar-refractivity contribution in [3.05, 3.63) is 0 Å². The molecule has 4 saturated carbocycles. The Balaban J connectivity index is 1.62. The molecule has 148 valence electrons. The number of halogens is 2. The van der Waals surface area contributed by atoms with E-state index in [4.69, 9.17) is 14.2 Å². The molecule has 5 nitrogen and oxygen atoms in total. The Bertz CT molecular complexity index is 561. The Morgan fingerprint density at radius 2 is 1.62 bits per heavy atom. The fraction of sp³-hybridized carbons (Fsp3) is 0.895. The largest absolute Gasteiger partial charge is 0.508 e. The van der Waals surface area contributed by atoms with Gasteiger partial charge in [-0.1, -0.05) is 0 Å². The van der Waals surface area contributed by atoms with E-state index in [0.717, 1.165) is 32.1 Å². The lowest BCUT2D eigenvalue weighted by Gasteiger charge is -2.59.